The van der Waals surface area contributed by atoms with Gasteiger partial charge in [-0.1, -0.05) is 6.07 Å². The predicted molar refractivity (Wildman–Crippen MR) is 53.4 cm³/mol. The molecule has 0 saturated heterocycles. The van der Waals surface area contributed by atoms with Gasteiger partial charge in [-0.25, -0.2) is 0 Å². The molecule has 0 aliphatic carbocycles. The van der Waals surface area contributed by atoms with Crippen molar-refractivity contribution >= 4 is 0 Å². The van der Waals surface area contributed by atoms with Crippen LogP contribution in [0.15, 0.2) is 18.2 Å². The summed E-state index contributed by atoms with van der Waals surface area (Å²) in [5, 5.41) is 9.22. The second kappa shape index (κ2) is 4.52. The van der Waals surface area contributed by atoms with Crippen LogP contribution >= 0.6 is 0 Å². The Labute approximate surface area is 104 Å². The number of aliphatic hydroxyl groups excluding tert-OH is 1. The standard InChI is InChI=1S/C11H9F5O3/c12-10(13,11(14,15)16)9(17)6-1-2-7-8(5-6)19-4-3-18-7/h1-2,5,9,17H,3-4H2. The SMILES string of the molecule is OC(c1ccc2c(c1)OCCO2)C(F)(F)C(F)(F)F. The highest BCUT2D eigenvalue weighted by Crippen LogP contribution is 2.45. The van der Waals surface area contributed by atoms with Crippen molar-refractivity contribution in [2.24, 2.45) is 0 Å². The lowest BCUT2D eigenvalue weighted by atomic mass is 10.0. The van der Waals surface area contributed by atoms with E-state index < -0.39 is 23.8 Å². The first kappa shape index (κ1) is 13.9. The van der Waals surface area contributed by atoms with Crippen molar-refractivity contribution in [3.63, 3.8) is 0 Å². The van der Waals surface area contributed by atoms with Crippen LogP contribution in [0.3, 0.4) is 0 Å². The molecule has 0 radical (unpaired) electrons. The van der Waals surface area contributed by atoms with Crippen LogP contribution in [-0.2, 0) is 0 Å². The van der Waals surface area contributed by atoms with Crippen LogP contribution in [0, 0.1) is 0 Å². The van der Waals surface area contributed by atoms with Crippen LogP contribution in [0.25, 0.3) is 0 Å². The van der Waals surface area contributed by atoms with Gasteiger partial charge in [0.15, 0.2) is 17.6 Å². The van der Waals surface area contributed by atoms with Crippen LogP contribution in [0.2, 0.25) is 0 Å². The van der Waals surface area contributed by atoms with Crippen molar-refractivity contribution in [3.8, 4) is 11.5 Å². The van der Waals surface area contributed by atoms with E-state index in [2.05, 4.69) is 0 Å². The number of halogens is 5. The van der Waals surface area contributed by atoms with Gasteiger partial charge in [-0.15, -0.1) is 0 Å². The molecule has 1 N–H and O–H groups in total. The fourth-order valence-corrected chi connectivity index (χ4v) is 1.59. The zero-order chi connectivity index (χ0) is 14.3. The first-order valence-corrected chi connectivity index (χ1v) is 5.25. The van der Waals surface area contributed by atoms with Gasteiger partial charge in [-0.3, -0.25) is 0 Å². The van der Waals surface area contributed by atoms with Gasteiger partial charge >= 0.3 is 12.1 Å². The average molecular weight is 284 g/mol. The highest BCUT2D eigenvalue weighted by atomic mass is 19.4. The van der Waals surface area contributed by atoms with E-state index in [1.54, 1.807) is 0 Å². The number of rotatable bonds is 2. The minimum absolute atomic E-state index is 0.0285. The lowest BCUT2D eigenvalue weighted by Gasteiger charge is -2.26. The predicted octanol–water partition coefficient (Wildman–Crippen LogP) is 2.69. The maximum absolute atomic E-state index is 13.0. The first-order valence-electron chi connectivity index (χ1n) is 5.25. The van der Waals surface area contributed by atoms with Crippen molar-refractivity contribution in [2.75, 3.05) is 13.2 Å². The van der Waals surface area contributed by atoms with Crippen LogP contribution in [0.4, 0.5) is 22.0 Å². The fraction of sp³-hybridized carbons (Fsp3) is 0.455. The Hall–Kier alpha value is -1.57. The number of benzene rings is 1. The summed E-state index contributed by atoms with van der Waals surface area (Å²) in [6.45, 7) is 0.413. The molecule has 106 valence electrons. The molecule has 0 aromatic heterocycles. The highest BCUT2D eigenvalue weighted by Gasteiger charge is 2.62. The van der Waals surface area contributed by atoms with Crippen LogP contribution in [0.1, 0.15) is 11.7 Å². The van der Waals surface area contributed by atoms with Crippen molar-refractivity contribution in [1.29, 1.82) is 0 Å². The molecule has 19 heavy (non-hydrogen) atoms. The number of ether oxygens (including phenoxy) is 2. The zero-order valence-corrected chi connectivity index (χ0v) is 9.38. The van der Waals surface area contributed by atoms with E-state index in [0.717, 1.165) is 12.1 Å². The van der Waals surface area contributed by atoms with Gasteiger partial charge in [0.1, 0.15) is 13.2 Å². The Morgan fingerprint density at radius 2 is 1.58 bits per heavy atom. The zero-order valence-electron chi connectivity index (χ0n) is 9.38. The molecule has 1 heterocycles. The second-order valence-corrected chi connectivity index (χ2v) is 3.93. The Bertz CT molecular complexity index is 472. The summed E-state index contributed by atoms with van der Waals surface area (Å²) in [7, 11) is 0. The van der Waals surface area contributed by atoms with Gasteiger partial charge < -0.3 is 14.6 Å². The highest BCUT2D eigenvalue weighted by molar-refractivity contribution is 5.44. The smallest absolute Gasteiger partial charge is 0.456 e. The summed E-state index contributed by atoms with van der Waals surface area (Å²) in [6.07, 6.45) is -8.83. The van der Waals surface area contributed by atoms with Crippen molar-refractivity contribution < 1.29 is 36.5 Å². The van der Waals surface area contributed by atoms with E-state index in [4.69, 9.17) is 9.47 Å². The molecule has 1 aliphatic heterocycles. The van der Waals surface area contributed by atoms with E-state index in [0.29, 0.717) is 0 Å². The minimum Gasteiger partial charge on any atom is -0.486 e. The van der Waals surface area contributed by atoms with Crippen molar-refractivity contribution in [2.45, 2.75) is 18.2 Å². The number of fused-ring (bicyclic) bond motifs is 1. The third-order valence-electron chi connectivity index (χ3n) is 2.60. The maximum Gasteiger partial charge on any atom is 0.456 e. The summed E-state index contributed by atoms with van der Waals surface area (Å²) in [5.41, 5.74) is -0.591. The van der Waals surface area contributed by atoms with E-state index in [-0.39, 0.29) is 24.7 Å². The van der Waals surface area contributed by atoms with Crippen LogP contribution in [0.5, 0.6) is 11.5 Å². The molecule has 8 heteroatoms. The van der Waals surface area contributed by atoms with Crippen LogP contribution in [-0.4, -0.2) is 30.4 Å². The Morgan fingerprint density at radius 3 is 2.16 bits per heavy atom. The van der Waals surface area contributed by atoms with E-state index in [9.17, 15) is 27.1 Å². The lowest BCUT2D eigenvalue weighted by Crippen LogP contribution is -2.42. The minimum atomic E-state index is -5.83. The molecule has 1 unspecified atom stereocenters. The molecule has 0 fully saturated rings. The third-order valence-corrected chi connectivity index (χ3v) is 2.60. The summed E-state index contributed by atoms with van der Waals surface area (Å²) >= 11 is 0. The quantitative estimate of drug-likeness (QED) is 0.849. The molecule has 1 aromatic carbocycles. The first-order chi connectivity index (χ1) is 8.73. The molecule has 1 aliphatic rings. The molecular weight excluding hydrogens is 275 g/mol. The number of hydrogen-bond acceptors (Lipinski definition) is 3. The van der Waals surface area contributed by atoms with Crippen LogP contribution < -0.4 is 9.47 Å². The molecule has 0 spiro atoms. The number of hydrogen-bond donors (Lipinski definition) is 1. The van der Waals surface area contributed by atoms with Gasteiger partial charge in [0, 0.05) is 0 Å². The Kier molecular flexibility index (Phi) is 3.29. The van der Waals surface area contributed by atoms with Gasteiger partial charge in [0.2, 0.25) is 0 Å². The van der Waals surface area contributed by atoms with Crippen molar-refractivity contribution in [1.82, 2.24) is 0 Å². The summed E-state index contributed by atoms with van der Waals surface area (Å²) < 4.78 is 72.6. The molecular formula is C11H9F5O3. The topological polar surface area (TPSA) is 38.7 Å². The third kappa shape index (κ3) is 2.44. The van der Waals surface area contributed by atoms with E-state index in [1.807, 2.05) is 0 Å². The molecule has 1 atom stereocenters. The molecule has 2 rings (SSSR count). The molecule has 0 bridgehead atoms. The summed E-state index contributed by atoms with van der Waals surface area (Å²) in [5.74, 6) is -4.98. The summed E-state index contributed by atoms with van der Waals surface area (Å²) in [4.78, 5) is 0. The van der Waals surface area contributed by atoms with Gasteiger partial charge in [-0.2, -0.15) is 22.0 Å². The Balaban J connectivity index is 2.32. The van der Waals surface area contributed by atoms with Gasteiger partial charge in [0.05, 0.1) is 0 Å². The van der Waals surface area contributed by atoms with Gasteiger partial charge in [-0.05, 0) is 17.7 Å². The van der Waals surface area contributed by atoms with Gasteiger partial charge in [0.25, 0.3) is 0 Å². The maximum atomic E-state index is 13.0. The number of alkyl halides is 5. The Morgan fingerprint density at radius 1 is 1.00 bits per heavy atom. The molecule has 3 nitrogen and oxygen atoms in total. The normalized spacial score (nSPS) is 17.2. The van der Waals surface area contributed by atoms with E-state index in [1.165, 1.54) is 6.07 Å². The molecule has 0 amide bonds. The monoisotopic (exact) mass is 284 g/mol. The average Bonchev–Trinajstić information content (AvgIpc) is 2.36. The molecule has 1 aromatic rings. The summed E-state index contributed by atoms with van der Waals surface area (Å²) in [6, 6.07) is 3.04. The molecule has 0 saturated carbocycles. The van der Waals surface area contributed by atoms with E-state index >= 15 is 0 Å². The fourth-order valence-electron chi connectivity index (χ4n) is 1.59. The second-order valence-electron chi connectivity index (χ2n) is 3.93. The largest absolute Gasteiger partial charge is 0.486 e. The lowest BCUT2D eigenvalue weighted by molar-refractivity contribution is -0.315. The number of aliphatic hydroxyl groups is 1. The van der Waals surface area contributed by atoms with Crippen molar-refractivity contribution in [3.05, 3.63) is 23.8 Å².